The summed E-state index contributed by atoms with van der Waals surface area (Å²) in [6.45, 7) is 1.60. The second-order valence-electron chi connectivity index (χ2n) is 5.61. The molecule has 1 aliphatic carbocycles. The van der Waals surface area contributed by atoms with Gasteiger partial charge in [0.15, 0.2) is 14.9 Å². The van der Waals surface area contributed by atoms with Crippen molar-refractivity contribution in [2.45, 2.75) is 35.2 Å². The molecule has 0 N–H and O–H groups in total. The van der Waals surface area contributed by atoms with Crippen molar-refractivity contribution in [2.75, 3.05) is 13.3 Å². The van der Waals surface area contributed by atoms with Crippen molar-refractivity contribution in [1.82, 2.24) is 9.29 Å². The van der Waals surface area contributed by atoms with E-state index in [0.29, 0.717) is 0 Å². The van der Waals surface area contributed by atoms with Gasteiger partial charge in [-0.15, -0.1) is 0 Å². The van der Waals surface area contributed by atoms with Crippen LogP contribution >= 0.6 is 0 Å². The summed E-state index contributed by atoms with van der Waals surface area (Å²) in [5, 5.41) is 9.18. The van der Waals surface area contributed by atoms with Gasteiger partial charge in [0.25, 0.3) is 0 Å². The smallest absolute Gasteiger partial charge is 0.243 e. The standard InChI is InChI=1S/C13H17N3O4S2/c1-13(9-14,10-4-5-10)16(2)22(19,20)11-6-7-12(15-8-11)21(3,17)18/h6-8,10H,4-5H2,1-3H3/t13-/m0/s1. The average Bonchev–Trinajstić information content (AvgIpc) is 3.29. The van der Waals surface area contributed by atoms with Crippen molar-refractivity contribution in [1.29, 1.82) is 5.26 Å². The maximum absolute atomic E-state index is 12.6. The highest BCUT2D eigenvalue weighted by molar-refractivity contribution is 7.90. The normalized spacial score (nSPS) is 18.7. The van der Waals surface area contributed by atoms with E-state index in [1.54, 1.807) is 6.92 Å². The first-order valence-corrected chi connectivity index (χ1v) is 9.93. The van der Waals surface area contributed by atoms with Crippen LogP contribution in [0.1, 0.15) is 19.8 Å². The largest absolute Gasteiger partial charge is 0.245 e. The third-order valence-corrected chi connectivity index (χ3v) is 6.94. The molecule has 9 heteroatoms. The topological polar surface area (TPSA) is 108 Å². The van der Waals surface area contributed by atoms with E-state index in [9.17, 15) is 22.1 Å². The Labute approximate surface area is 130 Å². The SMILES string of the molecule is CN([C@@](C)(C#N)C1CC1)S(=O)(=O)c1ccc(S(C)(=O)=O)nc1. The van der Waals surface area contributed by atoms with E-state index in [2.05, 4.69) is 11.1 Å². The number of sulfone groups is 1. The Balaban J connectivity index is 2.40. The van der Waals surface area contributed by atoms with Gasteiger partial charge in [0.05, 0.1) is 6.07 Å². The van der Waals surface area contributed by atoms with Gasteiger partial charge in [0, 0.05) is 19.5 Å². The molecule has 1 heterocycles. The minimum atomic E-state index is -3.92. The van der Waals surface area contributed by atoms with Crippen LogP contribution in [0.2, 0.25) is 0 Å². The third-order valence-electron chi connectivity index (χ3n) is 4.00. The van der Waals surface area contributed by atoms with Crippen LogP contribution in [0.3, 0.4) is 0 Å². The molecule has 0 spiro atoms. The van der Waals surface area contributed by atoms with Crippen LogP contribution in [0.25, 0.3) is 0 Å². The molecular formula is C13H17N3O4S2. The highest BCUT2D eigenvalue weighted by Gasteiger charge is 2.49. The van der Waals surface area contributed by atoms with Crippen LogP contribution in [0, 0.1) is 17.2 Å². The van der Waals surface area contributed by atoms with Crippen LogP contribution in [-0.2, 0) is 19.9 Å². The molecule has 0 unspecified atom stereocenters. The van der Waals surface area contributed by atoms with Gasteiger partial charge in [0.1, 0.15) is 10.4 Å². The van der Waals surface area contributed by atoms with Gasteiger partial charge in [0.2, 0.25) is 10.0 Å². The van der Waals surface area contributed by atoms with E-state index in [1.165, 1.54) is 13.1 Å². The van der Waals surface area contributed by atoms with Gasteiger partial charge in [-0.3, -0.25) is 0 Å². The average molecular weight is 343 g/mol. The summed E-state index contributed by atoms with van der Waals surface area (Å²) in [4.78, 5) is 3.56. The molecule has 120 valence electrons. The predicted molar refractivity (Wildman–Crippen MR) is 79.0 cm³/mol. The number of nitriles is 1. The lowest BCUT2D eigenvalue weighted by atomic mass is 9.99. The first-order chi connectivity index (χ1) is 10.0. The fraction of sp³-hybridized carbons (Fsp3) is 0.538. The summed E-state index contributed by atoms with van der Waals surface area (Å²) in [5.74, 6) is 0.0144. The van der Waals surface area contributed by atoms with Gasteiger partial charge >= 0.3 is 0 Å². The van der Waals surface area contributed by atoms with Gasteiger partial charge in [-0.25, -0.2) is 21.8 Å². The highest BCUT2D eigenvalue weighted by atomic mass is 32.2. The summed E-state index contributed by atoms with van der Waals surface area (Å²) in [5.41, 5.74) is -1.12. The van der Waals surface area contributed by atoms with Gasteiger partial charge in [-0.1, -0.05) is 0 Å². The Bertz CT molecular complexity index is 821. The Hall–Kier alpha value is -1.50. The van der Waals surface area contributed by atoms with Crippen LogP contribution in [-0.4, -0.2) is 45.0 Å². The molecule has 0 radical (unpaired) electrons. The van der Waals surface area contributed by atoms with E-state index >= 15 is 0 Å². The van der Waals surface area contributed by atoms with E-state index in [4.69, 9.17) is 0 Å². The van der Waals surface area contributed by atoms with Gasteiger partial charge in [-0.2, -0.15) is 9.57 Å². The van der Waals surface area contributed by atoms with Crippen molar-refractivity contribution < 1.29 is 16.8 Å². The Morgan fingerprint density at radius 1 is 1.32 bits per heavy atom. The summed E-state index contributed by atoms with van der Waals surface area (Å²) in [7, 11) is -6.05. The molecule has 1 aliphatic rings. The number of hydrogen-bond acceptors (Lipinski definition) is 6. The summed E-state index contributed by atoms with van der Waals surface area (Å²) >= 11 is 0. The molecule has 2 rings (SSSR count). The summed E-state index contributed by atoms with van der Waals surface area (Å²) in [6, 6.07) is 4.43. The maximum atomic E-state index is 12.6. The molecule has 0 aliphatic heterocycles. The molecule has 7 nitrogen and oxygen atoms in total. The lowest BCUT2D eigenvalue weighted by molar-refractivity contribution is 0.276. The van der Waals surface area contributed by atoms with E-state index in [1.807, 2.05) is 0 Å². The van der Waals surface area contributed by atoms with Crippen molar-refractivity contribution >= 4 is 19.9 Å². The number of rotatable bonds is 5. The number of pyridine rings is 1. The highest BCUT2D eigenvalue weighted by Crippen LogP contribution is 2.43. The van der Waals surface area contributed by atoms with Crippen LogP contribution in [0.15, 0.2) is 28.3 Å². The van der Waals surface area contributed by atoms with Gasteiger partial charge in [-0.05, 0) is 37.8 Å². The molecule has 0 saturated heterocycles. The number of hydrogen-bond donors (Lipinski definition) is 0. The zero-order chi connectivity index (χ0) is 16.8. The van der Waals surface area contributed by atoms with Crippen molar-refractivity contribution in [3.8, 4) is 6.07 Å². The quantitative estimate of drug-likeness (QED) is 0.782. The summed E-state index contributed by atoms with van der Waals surface area (Å²) < 4.78 is 49.0. The number of sulfonamides is 1. The molecule has 1 atom stereocenters. The fourth-order valence-corrected chi connectivity index (χ4v) is 4.20. The minimum Gasteiger partial charge on any atom is -0.243 e. The zero-order valence-corrected chi connectivity index (χ0v) is 14.1. The molecule has 1 saturated carbocycles. The third kappa shape index (κ3) is 2.86. The van der Waals surface area contributed by atoms with Gasteiger partial charge < -0.3 is 0 Å². The molecular weight excluding hydrogens is 326 g/mol. The van der Waals surface area contributed by atoms with Crippen molar-refractivity contribution in [3.05, 3.63) is 18.3 Å². The Morgan fingerprint density at radius 3 is 2.27 bits per heavy atom. The molecule has 1 fully saturated rings. The minimum absolute atomic E-state index is 0.0144. The van der Waals surface area contributed by atoms with Crippen molar-refractivity contribution in [2.24, 2.45) is 5.92 Å². The second kappa shape index (κ2) is 5.30. The monoisotopic (exact) mass is 343 g/mol. The maximum Gasteiger partial charge on any atom is 0.245 e. The predicted octanol–water partition coefficient (Wildman–Crippen LogP) is 0.798. The lowest BCUT2D eigenvalue weighted by Gasteiger charge is -2.31. The molecule has 0 bridgehead atoms. The molecule has 0 amide bonds. The zero-order valence-electron chi connectivity index (χ0n) is 12.5. The Morgan fingerprint density at radius 2 is 1.91 bits per heavy atom. The molecule has 1 aromatic heterocycles. The summed E-state index contributed by atoms with van der Waals surface area (Å²) in [6.07, 6.45) is 3.63. The van der Waals surface area contributed by atoms with Crippen molar-refractivity contribution in [3.63, 3.8) is 0 Å². The van der Waals surface area contributed by atoms with Crippen LogP contribution in [0.4, 0.5) is 0 Å². The van der Waals surface area contributed by atoms with E-state index < -0.39 is 25.4 Å². The first kappa shape index (κ1) is 16.9. The fourth-order valence-electron chi connectivity index (χ4n) is 2.21. The van der Waals surface area contributed by atoms with E-state index in [0.717, 1.165) is 35.7 Å². The Kier molecular flexibility index (Phi) is 4.06. The molecule has 22 heavy (non-hydrogen) atoms. The number of aromatic nitrogens is 1. The lowest BCUT2D eigenvalue weighted by Crippen LogP contribution is -2.47. The molecule has 0 aromatic carbocycles. The first-order valence-electron chi connectivity index (χ1n) is 6.60. The second-order valence-corrected chi connectivity index (χ2v) is 9.54. The van der Waals surface area contributed by atoms with Crippen LogP contribution < -0.4 is 0 Å². The van der Waals surface area contributed by atoms with Crippen LogP contribution in [0.5, 0.6) is 0 Å². The molecule has 1 aromatic rings. The number of nitrogens with zero attached hydrogens (tertiary/aromatic N) is 3. The van der Waals surface area contributed by atoms with E-state index in [-0.39, 0.29) is 15.8 Å².